The highest BCUT2D eigenvalue weighted by Gasteiger charge is 2.16. The minimum atomic E-state index is -0.140. The second kappa shape index (κ2) is 8.99. The van der Waals surface area contributed by atoms with E-state index in [-0.39, 0.29) is 5.91 Å². The first-order valence-corrected chi connectivity index (χ1v) is 9.19. The van der Waals surface area contributed by atoms with Crippen LogP contribution in [0.15, 0.2) is 60.7 Å². The van der Waals surface area contributed by atoms with E-state index in [1.54, 1.807) is 24.1 Å². The Morgan fingerprint density at radius 1 is 1.07 bits per heavy atom. The maximum Gasteiger partial charge on any atom is 0.274 e. The smallest absolute Gasteiger partial charge is 0.274 e. The van der Waals surface area contributed by atoms with Crippen molar-refractivity contribution in [3.63, 3.8) is 0 Å². The van der Waals surface area contributed by atoms with Crippen LogP contribution < -0.4 is 10.1 Å². The molecule has 0 spiro atoms. The van der Waals surface area contributed by atoms with Gasteiger partial charge in [-0.15, -0.1) is 10.2 Å². The van der Waals surface area contributed by atoms with Crippen LogP contribution in [0.3, 0.4) is 0 Å². The molecule has 6 nitrogen and oxygen atoms in total. The molecule has 0 radical (unpaired) electrons. The lowest BCUT2D eigenvalue weighted by atomic mass is 10.2. The number of carbonyl (C=O) groups excluding carboxylic acids is 1. The summed E-state index contributed by atoms with van der Waals surface area (Å²) in [7, 11) is 1.62. The van der Waals surface area contributed by atoms with Crippen molar-refractivity contribution < 1.29 is 9.53 Å². The van der Waals surface area contributed by atoms with Crippen LogP contribution in [0.25, 0.3) is 0 Å². The van der Waals surface area contributed by atoms with Gasteiger partial charge in [-0.25, -0.2) is 0 Å². The molecule has 0 bridgehead atoms. The largest absolute Gasteiger partial charge is 0.495 e. The quantitative estimate of drug-likeness (QED) is 0.669. The first-order valence-electron chi connectivity index (χ1n) is 9.19. The van der Waals surface area contributed by atoms with Gasteiger partial charge in [-0.2, -0.15) is 0 Å². The van der Waals surface area contributed by atoms with E-state index in [2.05, 4.69) is 15.5 Å². The minimum absolute atomic E-state index is 0.140. The minimum Gasteiger partial charge on any atom is -0.495 e. The van der Waals surface area contributed by atoms with Gasteiger partial charge >= 0.3 is 0 Å². The maximum atomic E-state index is 12.8. The molecule has 0 aliphatic carbocycles. The summed E-state index contributed by atoms with van der Waals surface area (Å²) in [5, 5.41) is 11.5. The molecule has 0 aliphatic rings. The van der Waals surface area contributed by atoms with Crippen LogP contribution in [0.4, 0.5) is 11.5 Å². The van der Waals surface area contributed by atoms with Gasteiger partial charge in [0.1, 0.15) is 5.75 Å². The van der Waals surface area contributed by atoms with Crippen molar-refractivity contribution >= 4 is 17.4 Å². The lowest BCUT2D eigenvalue weighted by molar-refractivity contribution is 0.0745. The van der Waals surface area contributed by atoms with E-state index < -0.39 is 0 Å². The molecule has 2 aromatic carbocycles. The lowest BCUT2D eigenvalue weighted by Crippen LogP contribution is -2.31. The fraction of sp³-hybridized carbons (Fsp3) is 0.227. The normalized spacial score (nSPS) is 10.4. The van der Waals surface area contributed by atoms with Crippen molar-refractivity contribution in [2.45, 2.75) is 20.4 Å². The summed E-state index contributed by atoms with van der Waals surface area (Å²) in [4.78, 5) is 14.5. The molecule has 6 heteroatoms. The van der Waals surface area contributed by atoms with Crippen molar-refractivity contribution in [1.29, 1.82) is 0 Å². The molecular formula is C22H24N4O2. The fourth-order valence-corrected chi connectivity index (χ4v) is 2.86. The van der Waals surface area contributed by atoms with Gasteiger partial charge in [0, 0.05) is 13.1 Å². The Labute approximate surface area is 165 Å². The summed E-state index contributed by atoms with van der Waals surface area (Å²) >= 11 is 0. The zero-order valence-corrected chi connectivity index (χ0v) is 16.3. The molecular weight excluding hydrogens is 352 g/mol. The molecule has 0 aliphatic heterocycles. The summed E-state index contributed by atoms with van der Waals surface area (Å²) in [6, 6.07) is 19.2. The molecule has 144 valence electrons. The van der Waals surface area contributed by atoms with Gasteiger partial charge in [0.15, 0.2) is 11.5 Å². The predicted octanol–water partition coefficient (Wildman–Crippen LogP) is 4.20. The van der Waals surface area contributed by atoms with Crippen LogP contribution in [0.2, 0.25) is 0 Å². The van der Waals surface area contributed by atoms with E-state index in [0.29, 0.717) is 30.4 Å². The van der Waals surface area contributed by atoms with E-state index in [1.165, 1.54) is 0 Å². The van der Waals surface area contributed by atoms with Gasteiger partial charge in [0.25, 0.3) is 5.91 Å². The molecule has 1 N–H and O–H groups in total. The molecule has 1 heterocycles. The Kier molecular flexibility index (Phi) is 6.22. The lowest BCUT2D eigenvalue weighted by Gasteiger charge is -2.20. The first-order chi connectivity index (χ1) is 13.6. The third kappa shape index (κ3) is 4.65. The summed E-state index contributed by atoms with van der Waals surface area (Å²) < 4.78 is 5.37. The number of aryl methyl sites for hydroxylation is 1. The van der Waals surface area contributed by atoms with Gasteiger partial charge in [-0.1, -0.05) is 36.4 Å². The summed E-state index contributed by atoms with van der Waals surface area (Å²) in [6.45, 7) is 5.09. The van der Waals surface area contributed by atoms with E-state index in [1.807, 2.05) is 62.4 Å². The Hall–Kier alpha value is -3.41. The van der Waals surface area contributed by atoms with Crippen molar-refractivity contribution in [2.75, 3.05) is 19.0 Å². The number of amides is 1. The van der Waals surface area contributed by atoms with Crippen LogP contribution in [0.1, 0.15) is 28.5 Å². The highest BCUT2D eigenvalue weighted by Crippen LogP contribution is 2.27. The Morgan fingerprint density at radius 2 is 1.86 bits per heavy atom. The van der Waals surface area contributed by atoms with E-state index >= 15 is 0 Å². The summed E-state index contributed by atoms with van der Waals surface area (Å²) in [5.41, 5.74) is 3.30. The number of rotatable bonds is 7. The number of hydrogen-bond donors (Lipinski definition) is 1. The maximum absolute atomic E-state index is 12.8. The summed E-state index contributed by atoms with van der Waals surface area (Å²) in [5.74, 6) is 1.12. The molecule has 0 atom stereocenters. The average Bonchev–Trinajstić information content (AvgIpc) is 2.73. The van der Waals surface area contributed by atoms with Crippen molar-refractivity contribution in [2.24, 2.45) is 0 Å². The molecule has 0 fully saturated rings. The van der Waals surface area contributed by atoms with Crippen LogP contribution in [0, 0.1) is 6.92 Å². The molecule has 1 amide bonds. The number of nitrogens with zero attached hydrogens (tertiary/aromatic N) is 3. The topological polar surface area (TPSA) is 67.4 Å². The molecule has 0 saturated heterocycles. The number of methoxy groups -OCH3 is 1. The monoisotopic (exact) mass is 376 g/mol. The fourth-order valence-electron chi connectivity index (χ4n) is 2.86. The van der Waals surface area contributed by atoms with Crippen molar-refractivity contribution in [3.05, 3.63) is 77.5 Å². The number of ether oxygens (including phenoxy) is 1. The number of carbonyl (C=O) groups is 1. The van der Waals surface area contributed by atoms with Gasteiger partial charge in [-0.05, 0) is 49.2 Å². The second-order valence-electron chi connectivity index (χ2n) is 6.44. The molecule has 28 heavy (non-hydrogen) atoms. The van der Waals surface area contributed by atoms with Crippen LogP contribution in [-0.2, 0) is 6.54 Å². The number of hydrogen-bond acceptors (Lipinski definition) is 5. The standard InChI is InChI=1S/C22H24N4O2/c1-4-26(15-17-8-6-5-7-9-17)22(27)18-11-13-21(25-24-18)23-19-14-16(2)10-12-20(19)28-3/h5-14H,4,15H2,1-3H3,(H,23,25). The zero-order chi connectivity index (χ0) is 19.9. The van der Waals surface area contributed by atoms with Gasteiger partial charge in [0.2, 0.25) is 0 Å². The Bertz CT molecular complexity index is 927. The second-order valence-corrected chi connectivity index (χ2v) is 6.44. The van der Waals surface area contributed by atoms with Crippen LogP contribution in [0.5, 0.6) is 5.75 Å². The number of nitrogens with one attached hydrogen (secondary N) is 1. The molecule has 0 saturated carbocycles. The number of aromatic nitrogens is 2. The highest BCUT2D eigenvalue weighted by atomic mass is 16.5. The van der Waals surface area contributed by atoms with E-state index in [9.17, 15) is 4.79 Å². The van der Waals surface area contributed by atoms with Gasteiger partial charge in [0.05, 0.1) is 12.8 Å². The third-order valence-electron chi connectivity index (χ3n) is 4.39. The van der Waals surface area contributed by atoms with Crippen molar-refractivity contribution in [1.82, 2.24) is 15.1 Å². The number of anilines is 2. The Morgan fingerprint density at radius 3 is 2.50 bits per heavy atom. The molecule has 1 aromatic heterocycles. The molecule has 0 unspecified atom stereocenters. The van der Waals surface area contributed by atoms with Gasteiger partial charge < -0.3 is 15.0 Å². The van der Waals surface area contributed by atoms with E-state index in [4.69, 9.17) is 4.74 Å². The first kappa shape index (κ1) is 19.4. The van der Waals surface area contributed by atoms with E-state index in [0.717, 1.165) is 16.8 Å². The highest BCUT2D eigenvalue weighted by molar-refractivity contribution is 5.92. The Balaban J connectivity index is 1.72. The average molecular weight is 376 g/mol. The predicted molar refractivity (Wildman–Crippen MR) is 110 cm³/mol. The summed E-state index contributed by atoms with van der Waals surface area (Å²) in [6.07, 6.45) is 0. The van der Waals surface area contributed by atoms with Crippen LogP contribution in [-0.4, -0.2) is 34.7 Å². The SMILES string of the molecule is CCN(Cc1ccccc1)C(=O)c1ccc(Nc2cc(C)ccc2OC)nn1. The molecule has 3 rings (SSSR count). The van der Waals surface area contributed by atoms with Gasteiger partial charge in [-0.3, -0.25) is 4.79 Å². The molecule has 3 aromatic rings. The zero-order valence-electron chi connectivity index (χ0n) is 16.3. The van der Waals surface area contributed by atoms with Crippen molar-refractivity contribution in [3.8, 4) is 5.75 Å². The third-order valence-corrected chi connectivity index (χ3v) is 4.39. The number of benzene rings is 2. The van der Waals surface area contributed by atoms with Crippen LogP contribution >= 0.6 is 0 Å².